The summed E-state index contributed by atoms with van der Waals surface area (Å²) in [5.74, 6) is -2.12. The van der Waals surface area contributed by atoms with Gasteiger partial charge in [-0.3, -0.25) is 18.8 Å². The lowest BCUT2D eigenvalue weighted by atomic mass is 9.82. The van der Waals surface area contributed by atoms with Gasteiger partial charge in [-0.25, -0.2) is 4.98 Å². The first-order chi connectivity index (χ1) is 18.0. The van der Waals surface area contributed by atoms with E-state index in [-0.39, 0.29) is 17.4 Å². The van der Waals surface area contributed by atoms with Crippen molar-refractivity contribution < 1.29 is 19.2 Å². The van der Waals surface area contributed by atoms with E-state index >= 15 is 0 Å². The molecule has 11 nitrogen and oxygen atoms in total. The number of benzene rings is 1. The molecule has 200 valence electrons. The maximum Gasteiger partial charge on any atom is 0.296 e. The van der Waals surface area contributed by atoms with Crippen LogP contribution in [0.15, 0.2) is 58.4 Å². The highest BCUT2D eigenvalue weighted by Crippen LogP contribution is 2.40. The number of halogens is 1. The summed E-state index contributed by atoms with van der Waals surface area (Å²) in [5.41, 5.74) is 0.274. The summed E-state index contributed by atoms with van der Waals surface area (Å²) >= 11 is 6.64. The standard InChI is InChI=1S/C26H29ClN6O5/c1-15(23-31-21(22(34)25(36)32(23)4)24(35)30-17-11-29-38-13-17)20(18-8-6-7-9-19(18)27)16-10-28-33(12-16)14-26(2,3)37-5/h6-13,15,20,34H,14H2,1-5H3,(H,30,35)/t15-,20+/m1/s1. The van der Waals surface area contributed by atoms with Crippen molar-refractivity contribution in [3.63, 3.8) is 0 Å². The van der Waals surface area contributed by atoms with E-state index in [1.54, 1.807) is 24.1 Å². The van der Waals surface area contributed by atoms with Crippen molar-refractivity contribution in [1.29, 1.82) is 0 Å². The van der Waals surface area contributed by atoms with Crippen LogP contribution in [0, 0.1) is 0 Å². The van der Waals surface area contributed by atoms with Gasteiger partial charge in [0.2, 0.25) is 5.75 Å². The van der Waals surface area contributed by atoms with Crippen molar-refractivity contribution in [3.8, 4) is 5.75 Å². The highest BCUT2D eigenvalue weighted by Gasteiger charge is 2.31. The van der Waals surface area contributed by atoms with Gasteiger partial charge in [0.05, 0.1) is 24.5 Å². The molecule has 0 bridgehead atoms. The molecule has 38 heavy (non-hydrogen) atoms. The van der Waals surface area contributed by atoms with Gasteiger partial charge in [0.1, 0.15) is 17.8 Å². The Bertz CT molecular complexity index is 1490. The summed E-state index contributed by atoms with van der Waals surface area (Å²) in [7, 11) is 3.14. The van der Waals surface area contributed by atoms with E-state index in [1.165, 1.54) is 24.1 Å². The molecule has 2 N–H and O–H groups in total. The van der Waals surface area contributed by atoms with Crippen LogP contribution in [0.4, 0.5) is 5.69 Å². The number of aromatic nitrogens is 5. The molecular formula is C26H29ClN6O5. The molecule has 0 radical (unpaired) electrons. The van der Waals surface area contributed by atoms with Crippen LogP contribution in [-0.4, -0.2) is 48.2 Å². The first kappa shape index (κ1) is 27.1. The van der Waals surface area contributed by atoms with Crippen LogP contribution < -0.4 is 10.9 Å². The third kappa shape index (κ3) is 5.48. The molecule has 1 amide bonds. The first-order valence-electron chi connectivity index (χ1n) is 11.8. The van der Waals surface area contributed by atoms with Gasteiger partial charge >= 0.3 is 0 Å². The molecule has 0 aliphatic rings. The molecule has 4 rings (SSSR count). The third-order valence-electron chi connectivity index (χ3n) is 6.46. The molecule has 0 saturated heterocycles. The summed E-state index contributed by atoms with van der Waals surface area (Å²) in [5, 5.41) is 21.6. The Morgan fingerprint density at radius 3 is 2.68 bits per heavy atom. The summed E-state index contributed by atoms with van der Waals surface area (Å²) in [6.07, 6.45) is 6.16. The molecule has 12 heteroatoms. The molecule has 2 atom stereocenters. The molecule has 3 aromatic heterocycles. The number of hydrogen-bond acceptors (Lipinski definition) is 8. The number of anilines is 1. The molecule has 0 saturated carbocycles. The Labute approximate surface area is 224 Å². The lowest BCUT2D eigenvalue weighted by molar-refractivity contribution is 0.00539. The van der Waals surface area contributed by atoms with Crippen LogP contribution >= 0.6 is 11.6 Å². The lowest BCUT2D eigenvalue weighted by Crippen LogP contribution is -2.29. The number of carbonyl (C=O) groups excluding carboxylic acids is 1. The molecule has 0 unspecified atom stereocenters. The quantitative estimate of drug-likeness (QED) is 0.325. The molecule has 0 aliphatic carbocycles. The molecule has 4 aromatic rings. The van der Waals surface area contributed by atoms with Crippen molar-refractivity contribution in [2.24, 2.45) is 7.05 Å². The fourth-order valence-corrected chi connectivity index (χ4v) is 4.58. The van der Waals surface area contributed by atoms with Crippen molar-refractivity contribution in [3.05, 3.63) is 87.1 Å². The van der Waals surface area contributed by atoms with E-state index in [2.05, 4.69) is 20.6 Å². The predicted octanol–water partition coefficient (Wildman–Crippen LogP) is 3.94. The van der Waals surface area contributed by atoms with Crippen molar-refractivity contribution >= 4 is 23.2 Å². The van der Waals surface area contributed by atoms with E-state index in [9.17, 15) is 14.7 Å². The predicted molar refractivity (Wildman–Crippen MR) is 141 cm³/mol. The molecule has 0 fully saturated rings. The molecule has 0 spiro atoms. The maximum absolute atomic E-state index is 13.0. The van der Waals surface area contributed by atoms with Gasteiger partial charge in [-0.2, -0.15) is 5.10 Å². The van der Waals surface area contributed by atoms with E-state index in [0.717, 1.165) is 11.1 Å². The SMILES string of the molecule is COC(C)(C)Cn1cc([C@@H](c2ccccc2Cl)[C@@H](C)c2nc(C(=O)Nc3cnoc3)c(O)c(=O)n2C)cn1. The fourth-order valence-electron chi connectivity index (χ4n) is 4.32. The second kappa shape index (κ2) is 10.8. The van der Waals surface area contributed by atoms with Crippen LogP contribution in [-0.2, 0) is 18.3 Å². The largest absolute Gasteiger partial charge is 0.501 e. The second-order valence-corrected chi connectivity index (χ2v) is 10.0. The van der Waals surface area contributed by atoms with Crippen LogP contribution in [0.5, 0.6) is 5.75 Å². The molecule has 1 aromatic carbocycles. The number of methoxy groups -OCH3 is 1. The van der Waals surface area contributed by atoms with Crippen LogP contribution in [0.25, 0.3) is 0 Å². The smallest absolute Gasteiger partial charge is 0.296 e. The Hall–Kier alpha value is -3.96. The normalized spacial score (nSPS) is 13.3. The minimum atomic E-state index is -0.777. The minimum absolute atomic E-state index is 0.256. The van der Waals surface area contributed by atoms with Gasteiger partial charge in [0, 0.05) is 37.2 Å². The Kier molecular flexibility index (Phi) is 7.70. The topological polar surface area (TPSA) is 137 Å². The van der Waals surface area contributed by atoms with Gasteiger partial charge in [-0.05, 0) is 31.0 Å². The third-order valence-corrected chi connectivity index (χ3v) is 6.81. The lowest BCUT2D eigenvalue weighted by Gasteiger charge is -2.26. The van der Waals surface area contributed by atoms with E-state index < -0.39 is 34.4 Å². The minimum Gasteiger partial charge on any atom is -0.501 e. The van der Waals surface area contributed by atoms with Crippen LogP contribution in [0.3, 0.4) is 0 Å². The van der Waals surface area contributed by atoms with E-state index in [0.29, 0.717) is 11.6 Å². The van der Waals surface area contributed by atoms with Gasteiger partial charge < -0.3 is 19.7 Å². The molecular weight excluding hydrogens is 512 g/mol. The van der Waals surface area contributed by atoms with Crippen molar-refractivity contribution in [1.82, 2.24) is 24.5 Å². The van der Waals surface area contributed by atoms with Crippen LogP contribution in [0.2, 0.25) is 5.02 Å². The Morgan fingerprint density at radius 2 is 2.03 bits per heavy atom. The Balaban J connectivity index is 1.80. The number of hydrogen-bond donors (Lipinski definition) is 2. The summed E-state index contributed by atoms with van der Waals surface area (Å²) in [6, 6.07) is 7.40. The molecule has 3 heterocycles. The van der Waals surface area contributed by atoms with Gasteiger partial charge in [0.15, 0.2) is 5.69 Å². The second-order valence-electron chi connectivity index (χ2n) is 9.62. The summed E-state index contributed by atoms with van der Waals surface area (Å²) in [4.78, 5) is 30.3. The van der Waals surface area contributed by atoms with E-state index in [4.69, 9.17) is 20.9 Å². The zero-order chi connectivity index (χ0) is 27.6. The van der Waals surface area contributed by atoms with E-state index in [1.807, 2.05) is 45.2 Å². The van der Waals surface area contributed by atoms with Crippen LogP contribution in [0.1, 0.15) is 60.0 Å². The van der Waals surface area contributed by atoms with Gasteiger partial charge in [-0.1, -0.05) is 41.9 Å². The fraction of sp³-hybridized carbons (Fsp3) is 0.346. The summed E-state index contributed by atoms with van der Waals surface area (Å²) in [6.45, 7) is 6.32. The number of aromatic hydroxyl groups is 1. The van der Waals surface area contributed by atoms with Gasteiger partial charge in [0.25, 0.3) is 11.5 Å². The van der Waals surface area contributed by atoms with Crippen molar-refractivity contribution in [2.45, 2.75) is 44.8 Å². The highest BCUT2D eigenvalue weighted by molar-refractivity contribution is 6.31. The Morgan fingerprint density at radius 1 is 1.29 bits per heavy atom. The highest BCUT2D eigenvalue weighted by atomic mass is 35.5. The summed E-state index contributed by atoms with van der Waals surface area (Å²) < 4.78 is 13.3. The number of nitrogens with zero attached hydrogens (tertiary/aromatic N) is 5. The number of rotatable bonds is 9. The monoisotopic (exact) mass is 540 g/mol. The van der Waals surface area contributed by atoms with Gasteiger partial charge in [-0.15, -0.1) is 0 Å². The average molecular weight is 541 g/mol. The average Bonchev–Trinajstić information content (AvgIpc) is 3.56. The number of ether oxygens (including phenoxy) is 1. The number of carbonyl (C=O) groups is 1. The number of nitrogens with one attached hydrogen (secondary N) is 1. The van der Waals surface area contributed by atoms with Crippen molar-refractivity contribution in [2.75, 3.05) is 12.4 Å². The maximum atomic E-state index is 13.0. The first-order valence-corrected chi connectivity index (χ1v) is 12.2. The zero-order valence-corrected chi connectivity index (χ0v) is 22.4. The zero-order valence-electron chi connectivity index (χ0n) is 21.7. The molecule has 0 aliphatic heterocycles. The number of amides is 1.